The molecule has 0 saturated heterocycles. The first-order valence-electron chi connectivity index (χ1n) is 8.54. The number of anilines is 1. The molecule has 0 aliphatic rings. The number of rotatable bonds is 8. The molecule has 0 amide bonds. The van der Waals surface area contributed by atoms with Crippen LogP contribution in [0, 0.1) is 0 Å². The lowest BCUT2D eigenvalue weighted by atomic mass is 10.2. The van der Waals surface area contributed by atoms with E-state index in [1.165, 1.54) is 25.3 Å². The molecule has 0 spiro atoms. The Morgan fingerprint density at radius 1 is 1.17 bits per heavy atom. The number of aliphatic carboxylic acids is 1. The van der Waals surface area contributed by atoms with Gasteiger partial charge < -0.3 is 19.0 Å². The third-order valence-corrected chi connectivity index (χ3v) is 5.03. The minimum Gasteiger partial charge on any atom is -0.490 e. The minimum atomic E-state index is -4.46. The van der Waals surface area contributed by atoms with Crippen molar-refractivity contribution in [2.45, 2.75) is 6.61 Å². The molecular weight excluding hydrogens is 416 g/mol. The van der Waals surface area contributed by atoms with Crippen LogP contribution in [0.5, 0.6) is 11.5 Å². The average Bonchev–Trinajstić information content (AvgIpc) is 2.69. The summed E-state index contributed by atoms with van der Waals surface area (Å²) in [5.74, 6) is -1.56. The van der Waals surface area contributed by atoms with Crippen molar-refractivity contribution in [3.8, 4) is 11.5 Å². The molecule has 0 unspecified atom stereocenters. The number of carboxylic acid groups (broad SMARTS) is 1. The van der Waals surface area contributed by atoms with Gasteiger partial charge in [0.25, 0.3) is 10.2 Å². The summed E-state index contributed by atoms with van der Waals surface area (Å²) in [5, 5.41) is 14.7. The fourth-order valence-electron chi connectivity index (χ4n) is 2.74. The molecule has 3 rings (SSSR count). The van der Waals surface area contributed by atoms with Crippen molar-refractivity contribution in [3.05, 3.63) is 64.5 Å². The molecule has 30 heavy (non-hydrogen) atoms. The second-order valence-electron chi connectivity index (χ2n) is 6.18. The van der Waals surface area contributed by atoms with Crippen LogP contribution in [0.15, 0.2) is 57.7 Å². The highest BCUT2D eigenvalue weighted by Crippen LogP contribution is 2.35. The van der Waals surface area contributed by atoms with Gasteiger partial charge in [-0.05, 0) is 17.7 Å². The Morgan fingerprint density at radius 2 is 1.87 bits per heavy atom. The molecule has 1 aromatic heterocycles. The fraction of sp³-hybridized carbons (Fsp3) is 0.158. The molecule has 0 radical (unpaired) electrons. The second kappa shape index (κ2) is 8.43. The van der Waals surface area contributed by atoms with Gasteiger partial charge in [-0.1, -0.05) is 30.3 Å². The van der Waals surface area contributed by atoms with E-state index < -0.39 is 28.3 Å². The van der Waals surface area contributed by atoms with Gasteiger partial charge in [0.2, 0.25) is 5.75 Å². The third kappa shape index (κ3) is 4.70. The maximum absolute atomic E-state index is 12.1. The normalized spacial score (nSPS) is 11.3. The molecule has 0 aliphatic heterocycles. The van der Waals surface area contributed by atoms with Crippen LogP contribution in [0.2, 0.25) is 0 Å². The summed E-state index contributed by atoms with van der Waals surface area (Å²) in [6.45, 7) is -0.884. The van der Waals surface area contributed by atoms with Gasteiger partial charge in [0.15, 0.2) is 0 Å². The smallest absolute Gasteiger partial charge is 0.379 e. The Bertz CT molecular complexity index is 1240. The summed E-state index contributed by atoms with van der Waals surface area (Å²) in [6, 6.07) is 12.9. The first-order valence-corrected chi connectivity index (χ1v) is 10.0. The summed E-state index contributed by atoms with van der Waals surface area (Å²) in [7, 11) is -3.19. The van der Waals surface area contributed by atoms with Crippen molar-refractivity contribution >= 4 is 32.8 Å². The molecule has 1 heterocycles. The molecule has 0 aliphatic carbocycles. The van der Waals surface area contributed by atoms with Crippen molar-refractivity contribution in [2.75, 3.05) is 18.0 Å². The topological polar surface area (TPSA) is 149 Å². The summed E-state index contributed by atoms with van der Waals surface area (Å²) in [4.78, 5) is 23.2. The number of fused-ring (bicyclic) bond motifs is 1. The lowest BCUT2D eigenvalue weighted by molar-refractivity contribution is -0.135. The van der Waals surface area contributed by atoms with Gasteiger partial charge in [-0.15, -0.1) is 0 Å². The van der Waals surface area contributed by atoms with Gasteiger partial charge in [-0.3, -0.25) is 4.79 Å². The number of hydrogen-bond acceptors (Lipinski definition) is 7. The minimum absolute atomic E-state index is 0.0325. The summed E-state index contributed by atoms with van der Waals surface area (Å²) < 4.78 is 40.6. The zero-order chi connectivity index (χ0) is 21.9. The fourth-order valence-corrected chi connectivity index (χ4v) is 3.45. The summed E-state index contributed by atoms with van der Waals surface area (Å²) in [5.41, 5.74) is 0.0113. The quantitative estimate of drug-likeness (QED) is 0.506. The van der Waals surface area contributed by atoms with Gasteiger partial charge >= 0.3 is 11.6 Å². The second-order valence-corrected chi connectivity index (χ2v) is 7.65. The number of nitrogens with two attached hydrogens (primary N) is 1. The van der Waals surface area contributed by atoms with Crippen LogP contribution in [0.1, 0.15) is 5.56 Å². The standard InChI is InChI=1S/C19H18N2O8S/c1-27-17-8-13-7-14(21(10-18(22)23)30(20,25)26)16(9-15(13)29-19(17)24)28-11-12-5-3-2-4-6-12/h2-9H,10-11H2,1H3,(H,22,23)(H2,20,25,26). The van der Waals surface area contributed by atoms with Crippen molar-refractivity contribution in [1.82, 2.24) is 0 Å². The maximum atomic E-state index is 12.1. The van der Waals surface area contributed by atoms with E-state index >= 15 is 0 Å². The molecule has 3 N–H and O–H groups in total. The van der Waals surface area contributed by atoms with E-state index in [0.29, 0.717) is 4.31 Å². The van der Waals surface area contributed by atoms with Gasteiger partial charge in [0, 0.05) is 11.5 Å². The number of ether oxygens (including phenoxy) is 2. The van der Waals surface area contributed by atoms with Gasteiger partial charge in [-0.25, -0.2) is 14.2 Å². The van der Waals surface area contributed by atoms with E-state index in [1.54, 1.807) is 24.3 Å². The van der Waals surface area contributed by atoms with E-state index in [0.717, 1.165) is 5.56 Å². The lowest BCUT2D eigenvalue weighted by Crippen LogP contribution is -2.40. The number of hydrogen-bond donors (Lipinski definition) is 2. The number of methoxy groups -OCH3 is 1. The van der Waals surface area contributed by atoms with Crippen LogP contribution in [-0.2, 0) is 21.6 Å². The van der Waals surface area contributed by atoms with Crippen molar-refractivity contribution in [1.29, 1.82) is 0 Å². The molecular formula is C19H18N2O8S. The summed E-state index contributed by atoms with van der Waals surface area (Å²) in [6.07, 6.45) is 0. The molecule has 0 saturated carbocycles. The maximum Gasteiger partial charge on any atom is 0.379 e. The molecule has 0 bridgehead atoms. The predicted octanol–water partition coefficient (Wildman–Crippen LogP) is 1.48. The third-order valence-electron chi connectivity index (χ3n) is 4.09. The Labute approximate surface area is 171 Å². The highest BCUT2D eigenvalue weighted by molar-refractivity contribution is 7.90. The Balaban J connectivity index is 2.17. The van der Waals surface area contributed by atoms with Crippen molar-refractivity contribution in [3.63, 3.8) is 0 Å². The highest BCUT2D eigenvalue weighted by atomic mass is 32.2. The molecule has 158 valence electrons. The first kappa shape index (κ1) is 21.1. The Morgan fingerprint density at radius 3 is 2.47 bits per heavy atom. The average molecular weight is 434 g/mol. The van der Waals surface area contributed by atoms with E-state index in [1.807, 2.05) is 6.07 Å². The highest BCUT2D eigenvalue weighted by Gasteiger charge is 2.26. The SMILES string of the molecule is COc1cc2cc(N(CC(=O)O)S(N)(=O)=O)c(OCc3ccccc3)cc2oc1=O. The zero-order valence-electron chi connectivity index (χ0n) is 15.8. The number of benzene rings is 2. The monoisotopic (exact) mass is 434 g/mol. The van der Waals surface area contributed by atoms with Gasteiger partial charge in [0.05, 0.1) is 12.8 Å². The van der Waals surface area contributed by atoms with Crippen molar-refractivity contribution < 1.29 is 32.2 Å². The molecule has 10 nitrogen and oxygen atoms in total. The largest absolute Gasteiger partial charge is 0.490 e. The first-order chi connectivity index (χ1) is 14.2. The molecule has 3 aromatic rings. The van der Waals surface area contributed by atoms with Crippen LogP contribution >= 0.6 is 0 Å². The van der Waals surface area contributed by atoms with E-state index in [9.17, 15) is 18.0 Å². The molecule has 0 fully saturated rings. The Hall–Kier alpha value is -3.57. The summed E-state index contributed by atoms with van der Waals surface area (Å²) >= 11 is 0. The molecule has 2 aromatic carbocycles. The number of nitrogens with zero attached hydrogens (tertiary/aromatic N) is 1. The van der Waals surface area contributed by atoms with Gasteiger partial charge in [0.1, 0.15) is 24.5 Å². The van der Waals surface area contributed by atoms with E-state index in [-0.39, 0.29) is 34.8 Å². The number of carbonyl (C=O) groups is 1. The molecule has 11 heteroatoms. The van der Waals surface area contributed by atoms with E-state index in [2.05, 4.69) is 0 Å². The van der Waals surface area contributed by atoms with Crippen molar-refractivity contribution in [2.24, 2.45) is 5.14 Å². The van der Waals surface area contributed by atoms with Crippen LogP contribution in [-0.4, -0.2) is 33.1 Å². The predicted molar refractivity (Wildman–Crippen MR) is 108 cm³/mol. The Kier molecular flexibility index (Phi) is 5.94. The van der Waals surface area contributed by atoms with Gasteiger partial charge in [-0.2, -0.15) is 8.42 Å². The van der Waals surface area contributed by atoms with Crippen LogP contribution in [0.4, 0.5) is 5.69 Å². The number of carboxylic acids is 1. The lowest BCUT2D eigenvalue weighted by Gasteiger charge is -2.23. The van der Waals surface area contributed by atoms with Crippen LogP contribution < -0.4 is 24.5 Å². The zero-order valence-corrected chi connectivity index (χ0v) is 16.6. The van der Waals surface area contributed by atoms with Crippen LogP contribution in [0.3, 0.4) is 0 Å². The van der Waals surface area contributed by atoms with Crippen LogP contribution in [0.25, 0.3) is 11.0 Å². The van der Waals surface area contributed by atoms with E-state index in [4.69, 9.17) is 24.1 Å². The molecule has 0 atom stereocenters.